The average Bonchev–Trinajstić information content (AvgIpc) is 3.51. The molecule has 9 nitrogen and oxygen atoms in total. The van der Waals surface area contributed by atoms with Crippen LogP contribution in [0.4, 0.5) is 5.69 Å². The highest BCUT2D eigenvalue weighted by Gasteiger charge is 2.17. The van der Waals surface area contributed by atoms with E-state index in [0.29, 0.717) is 28.6 Å². The van der Waals surface area contributed by atoms with Crippen LogP contribution in [-0.2, 0) is 4.79 Å². The first-order chi connectivity index (χ1) is 17.2. The molecular formula is C26H17N7O2. The van der Waals surface area contributed by atoms with Crippen LogP contribution in [0.15, 0.2) is 73.2 Å². The van der Waals surface area contributed by atoms with Gasteiger partial charge in [-0.2, -0.15) is 5.10 Å². The summed E-state index contributed by atoms with van der Waals surface area (Å²) in [7, 11) is 0. The number of hydrogen-bond acceptors (Lipinski definition) is 6. The smallest absolute Gasteiger partial charge is 0.262 e. The summed E-state index contributed by atoms with van der Waals surface area (Å²) in [6.45, 7) is -0.129. The molecule has 35 heavy (non-hydrogen) atoms. The molecule has 7 rings (SSSR count). The van der Waals surface area contributed by atoms with E-state index in [2.05, 4.69) is 30.5 Å². The molecule has 0 atom stereocenters. The molecule has 5 heterocycles. The number of hydrogen-bond donors (Lipinski definition) is 3. The number of carbonyl (C=O) groups is 1. The Balaban J connectivity index is 1.48. The van der Waals surface area contributed by atoms with Crippen LogP contribution < -0.4 is 10.1 Å². The second kappa shape index (κ2) is 7.49. The van der Waals surface area contributed by atoms with Crippen molar-refractivity contribution < 1.29 is 9.53 Å². The molecule has 1 amide bonds. The Labute approximate surface area is 198 Å². The highest BCUT2D eigenvalue weighted by molar-refractivity contribution is 5.98. The number of amides is 1. The van der Waals surface area contributed by atoms with Crippen LogP contribution >= 0.6 is 0 Å². The summed E-state index contributed by atoms with van der Waals surface area (Å²) in [6.07, 6.45) is 5.11. The normalized spacial score (nSPS) is 13.0. The van der Waals surface area contributed by atoms with Gasteiger partial charge in [0.1, 0.15) is 17.0 Å². The third-order valence-electron chi connectivity index (χ3n) is 6.04. The van der Waals surface area contributed by atoms with Crippen LogP contribution in [0.5, 0.6) is 5.75 Å². The molecule has 9 heteroatoms. The molecule has 168 valence electrons. The number of anilines is 1. The second-order valence-corrected chi connectivity index (χ2v) is 8.30. The fraction of sp³-hybridized carbons (Fsp3) is 0.0385. The van der Waals surface area contributed by atoms with E-state index in [1.807, 2.05) is 54.6 Å². The summed E-state index contributed by atoms with van der Waals surface area (Å²) in [5.74, 6) is 0.928. The fourth-order valence-electron chi connectivity index (χ4n) is 4.40. The van der Waals surface area contributed by atoms with Gasteiger partial charge in [-0.05, 0) is 47.5 Å². The van der Waals surface area contributed by atoms with Gasteiger partial charge in [0.05, 0.1) is 17.4 Å². The van der Waals surface area contributed by atoms with Crippen molar-refractivity contribution in [2.24, 2.45) is 0 Å². The van der Waals surface area contributed by atoms with E-state index in [1.165, 1.54) is 0 Å². The lowest BCUT2D eigenvalue weighted by atomic mass is 10.0. The largest absolute Gasteiger partial charge is 0.484 e. The van der Waals surface area contributed by atoms with Crippen molar-refractivity contribution in [3.05, 3.63) is 73.2 Å². The third kappa shape index (κ3) is 3.29. The molecule has 0 unspecified atom stereocenters. The molecular weight excluding hydrogens is 442 g/mol. The van der Waals surface area contributed by atoms with Crippen molar-refractivity contribution >= 4 is 33.7 Å². The number of H-pyrrole nitrogens is 2. The number of pyridine rings is 2. The summed E-state index contributed by atoms with van der Waals surface area (Å²) in [5.41, 5.74) is 7.15. The van der Waals surface area contributed by atoms with Gasteiger partial charge in [-0.1, -0.05) is 18.2 Å². The second-order valence-electron chi connectivity index (χ2n) is 8.30. The van der Waals surface area contributed by atoms with E-state index in [4.69, 9.17) is 9.72 Å². The Bertz CT molecular complexity index is 1770. The Morgan fingerprint density at radius 3 is 2.89 bits per heavy atom. The maximum Gasteiger partial charge on any atom is 0.262 e. The molecule has 0 saturated carbocycles. The maximum atomic E-state index is 12.6. The molecule has 0 saturated heterocycles. The summed E-state index contributed by atoms with van der Waals surface area (Å²) in [5, 5.41) is 11.4. The lowest BCUT2D eigenvalue weighted by Gasteiger charge is -2.10. The minimum absolute atomic E-state index is 0.129. The third-order valence-corrected chi connectivity index (χ3v) is 6.04. The summed E-state index contributed by atoms with van der Waals surface area (Å²) >= 11 is 0. The summed E-state index contributed by atoms with van der Waals surface area (Å²) in [4.78, 5) is 29.6. The standard InChI is InChI=1S/C26H17N7O2/c34-22-13-35-18-3-1-2-15(9-18)19-6-7-28-25-23(19)30-26(31-25)24-20-10-14(4-5-21(20)32-33-24)16-8-17(29-22)12-27-11-16/h1-12H,13H2,(H,29,34)(H,32,33)(H,28,30,31). The van der Waals surface area contributed by atoms with E-state index < -0.39 is 0 Å². The van der Waals surface area contributed by atoms with Gasteiger partial charge in [-0.25, -0.2) is 9.97 Å². The van der Waals surface area contributed by atoms with Crippen molar-refractivity contribution in [2.75, 3.05) is 11.9 Å². The minimum atomic E-state index is -0.272. The number of fused-ring (bicyclic) bond motifs is 9. The van der Waals surface area contributed by atoms with Crippen LogP contribution in [0, 0.1) is 0 Å². The number of rotatable bonds is 0. The zero-order valence-electron chi connectivity index (χ0n) is 18.2. The van der Waals surface area contributed by atoms with Gasteiger partial charge >= 0.3 is 0 Å². The number of imidazole rings is 1. The molecule has 3 N–H and O–H groups in total. The number of aromatic amines is 2. The zero-order chi connectivity index (χ0) is 23.4. The maximum absolute atomic E-state index is 12.6. The van der Waals surface area contributed by atoms with E-state index in [1.54, 1.807) is 18.6 Å². The molecule has 1 aliphatic heterocycles. The topological polar surface area (TPSA) is 121 Å². The molecule has 1 aliphatic rings. The van der Waals surface area contributed by atoms with E-state index >= 15 is 0 Å². The molecule has 0 fully saturated rings. The first kappa shape index (κ1) is 19.4. The summed E-state index contributed by atoms with van der Waals surface area (Å²) in [6, 6.07) is 17.4. The van der Waals surface area contributed by atoms with E-state index in [-0.39, 0.29) is 12.5 Å². The molecule has 0 aliphatic carbocycles. The lowest BCUT2D eigenvalue weighted by Crippen LogP contribution is -2.20. The van der Waals surface area contributed by atoms with Crippen LogP contribution in [-0.4, -0.2) is 42.6 Å². The van der Waals surface area contributed by atoms with Crippen molar-refractivity contribution in [3.8, 4) is 39.5 Å². The first-order valence-electron chi connectivity index (χ1n) is 11.0. The molecule has 8 bridgehead atoms. The van der Waals surface area contributed by atoms with Gasteiger partial charge < -0.3 is 15.0 Å². The minimum Gasteiger partial charge on any atom is -0.484 e. The zero-order valence-corrected chi connectivity index (χ0v) is 18.2. The predicted molar refractivity (Wildman–Crippen MR) is 132 cm³/mol. The Hall–Kier alpha value is -5.05. The van der Waals surface area contributed by atoms with Crippen LogP contribution in [0.2, 0.25) is 0 Å². The van der Waals surface area contributed by atoms with Crippen molar-refractivity contribution in [3.63, 3.8) is 0 Å². The highest BCUT2D eigenvalue weighted by atomic mass is 16.5. The van der Waals surface area contributed by atoms with Gasteiger partial charge in [0, 0.05) is 28.9 Å². The van der Waals surface area contributed by atoms with Gasteiger partial charge in [-0.15, -0.1) is 0 Å². The van der Waals surface area contributed by atoms with Gasteiger partial charge in [-0.3, -0.25) is 14.9 Å². The number of ether oxygens (including phenoxy) is 1. The Morgan fingerprint density at radius 1 is 0.943 bits per heavy atom. The molecule has 4 aromatic heterocycles. The fourth-order valence-corrected chi connectivity index (χ4v) is 4.40. The molecule has 0 spiro atoms. The van der Waals surface area contributed by atoms with Crippen molar-refractivity contribution in [1.82, 2.24) is 30.1 Å². The average molecular weight is 459 g/mol. The van der Waals surface area contributed by atoms with Crippen LogP contribution in [0.1, 0.15) is 0 Å². The Morgan fingerprint density at radius 2 is 1.91 bits per heavy atom. The van der Waals surface area contributed by atoms with Gasteiger partial charge in [0.2, 0.25) is 0 Å². The Kier molecular flexibility index (Phi) is 4.16. The molecule has 6 aromatic rings. The predicted octanol–water partition coefficient (Wildman–Crippen LogP) is 4.56. The van der Waals surface area contributed by atoms with Crippen molar-refractivity contribution in [2.45, 2.75) is 0 Å². The summed E-state index contributed by atoms with van der Waals surface area (Å²) < 4.78 is 5.78. The number of aromatic nitrogens is 6. The van der Waals surface area contributed by atoms with E-state index in [9.17, 15) is 4.79 Å². The monoisotopic (exact) mass is 459 g/mol. The quantitative estimate of drug-likeness (QED) is 0.306. The lowest BCUT2D eigenvalue weighted by molar-refractivity contribution is -0.118. The van der Waals surface area contributed by atoms with Crippen LogP contribution in [0.25, 0.3) is 55.8 Å². The number of nitrogens with one attached hydrogen (secondary N) is 3. The molecule has 0 radical (unpaired) electrons. The first-order valence-corrected chi connectivity index (χ1v) is 11.0. The van der Waals surface area contributed by atoms with Gasteiger partial charge in [0.25, 0.3) is 5.91 Å². The SMILES string of the molecule is O=C1COc2cccc(c2)-c2ccnc3[nH]c(nc23)-c2n[nH]c3ccc(cc23)-c2cncc(c2)N1. The number of nitrogens with zero attached hydrogens (tertiary/aromatic N) is 4. The van der Waals surface area contributed by atoms with Gasteiger partial charge in [0.15, 0.2) is 18.1 Å². The molecule has 2 aromatic carbocycles. The van der Waals surface area contributed by atoms with E-state index in [0.717, 1.165) is 38.7 Å². The van der Waals surface area contributed by atoms with Crippen LogP contribution in [0.3, 0.4) is 0 Å². The van der Waals surface area contributed by atoms with Crippen molar-refractivity contribution in [1.29, 1.82) is 0 Å². The highest BCUT2D eigenvalue weighted by Crippen LogP contribution is 2.33. The number of carbonyl (C=O) groups excluding carboxylic acids is 1. The number of benzene rings is 2.